The first-order chi connectivity index (χ1) is 10.1. The van der Waals surface area contributed by atoms with Crippen molar-refractivity contribution in [1.29, 1.82) is 0 Å². The number of hydrogen-bond acceptors (Lipinski definition) is 3. The zero-order chi connectivity index (χ0) is 15.3. The molecule has 114 valence electrons. The highest BCUT2D eigenvalue weighted by molar-refractivity contribution is 7.80. The van der Waals surface area contributed by atoms with E-state index in [0.29, 0.717) is 11.5 Å². The van der Waals surface area contributed by atoms with Crippen LogP contribution in [-0.4, -0.2) is 24.6 Å². The van der Waals surface area contributed by atoms with E-state index in [0.717, 1.165) is 43.4 Å². The molecule has 0 aromatic heterocycles. The van der Waals surface area contributed by atoms with Crippen molar-refractivity contribution in [1.82, 2.24) is 5.32 Å². The van der Waals surface area contributed by atoms with E-state index in [-0.39, 0.29) is 5.91 Å². The van der Waals surface area contributed by atoms with Gasteiger partial charge in [0.1, 0.15) is 5.75 Å². The molecule has 5 heteroatoms. The standard InChI is InChI=1S/C16H22N2O2S/c1-20-13-6-4-5-12(11-13)7-10-18-15(19)16(14(17)21)8-2-3-9-16/h4-6,11H,2-3,7-10H2,1H3,(H2,17,21)(H,18,19). The van der Waals surface area contributed by atoms with Gasteiger partial charge in [0.05, 0.1) is 17.5 Å². The first-order valence-electron chi connectivity index (χ1n) is 7.29. The third-order valence-electron chi connectivity index (χ3n) is 4.20. The van der Waals surface area contributed by atoms with Gasteiger partial charge >= 0.3 is 0 Å². The van der Waals surface area contributed by atoms with Crippen molar-refractivity contribution in [3.63, 3.8) is 0 Å². The summed E-state index contributed by atoms with van der Waals surface area (Å²) in [5.74, 6) is 0.810. The van der Waals surface area contributed by atoms with E-state index in [2.05, 4.69) is 5.32 Å². The van der Waals surface area contributed by atoms with Crippen LogP contribution in [0.5, 0.6) is 5.75 Å². The monoisotopic (exact) mass is 306 g/mol. The molecule has 0 heterocycles. The Morgan fingerprint density at radius 1 is 1.43 bits per heavy atom. The minimum absolute atomic E-state index is 0.0182. The topological polar surface area (TPSA) is 64.3 Å². The van der Waals surface area contributed by atoms with E-state index in [1.54, 1.807) is 7.11 Å². The van der Waals surface area contributed by atoms with Crippen LogP contribution >= 0.6 is 12.2 Å². The number of nitrogens with two attached hydrogens (primary N) is 1. The Morgan fingerprint density at radius 2 is 2.14 bits per heavy atom. The molecule has 2 rings (SSSR count). The van der Waals surface area contributed by atoms with Crippen LogP contribution in [0.15, 0.2) is 24.3 Å². The van der Waals surface area contributed by atoms with E-state index in [9.17, 15) is 4.79 Å². The number of thiocarbonyl (C=S) groups is 1. The van der Waals surface area contributed by atoms with Gasteiger partial charge in [0, 0.05) is 6.54 Å². The van der Waals surface area contributed by atoms with Gasteiger partial charge < -0.3 is 15.8 Å². The molecule has 0 saturated heterocycles. The average molecular weight is 306 g/mol. The molecule has 0 atom stereocenters. The second kappa shape index (κ2) is 6.89. The smallest absolute Gasteiger partial charge is 0.233 e. The quantitative estimate of drug-likeness (QED) is 0.791. The van der Waals surface area contributed by atoms with E-state index >= 15 is 0 Å². The molecule has 3 N–H and O–H groups in total. The zero-order valence-corrected chi connectivity index (χ0v) is 13.2. The Morgan fingerprint density at radius 3 is 2.76 bits per heavy atom. The predicted octanol–water partition coefficient (Wildman–Crippen LogP) is 2.20. The lowest BCUT2D eigenvalue weighted by Crippen LogP contribution is -2.47. The van der Waals surface area contributed by atoms with Crippen molar-refractivity contribution >= 4 is 23.1 Å². The maximum atomic E-state index is 12.4. The highest BCUT2D eigenvalue weighted by atomic mass is 32.1. The van der Waals surface area contributed by atoms with Gasteiger partial charge in [-0.2, -0.15) is 0 Å². The fraction of sp³-hybridized carbons (Fsp3) is 0.500. The van der Waals surface area contributed by atoms with E-state index in [4.69, 9.17) is 22.7 Å². The van der Waals surface area contributed by atoms with Crippen LogP contribution in [-0.2, 0) is 11.2 Å². The van der Waals surface area contributed by atoms with Gasteiger partial charge in [0.25, 0.3) is 0 Å². The summed E-state index contributed by atoms with van der Waals surface area (Å²) in [6, 6.07) is 7.85. The second-order valence-corrected chi connectivity index (χ2v) is 5.95. The van der Waals surface area contributed by atoms with Gasteiger partial charge in [-0.1, -0.05) is 37.2 Å². The molecule has 0 bridgehead atoms. The van der Waals surface area contributed by atoms with Crippen LogP contribution < -0.4 is 15.8 Å². The van der Waals surface area contributed by atoms with Crippen LogP contribution in [0.25, 0.3) is 0 Å². The molecule has 0 radical (unpaired) electrons. The first kappa shape index (κ1) is 15.8. The summed E-state index contributed by atoms with van der Waals surface area (Å²) >= 11 is 5.12. The summed E-state index contributed by atoms with van der Waals surface area (Å²) in [5, 5.41) is 2.99. The Hall–Kier alpha value is -1.62. The summed E-state index contributed by atoms with van der Waals surface area (Å²) in [4.78, 5) is 12.8. The molecule has 1 amide bonds. The lowest BCUT2D eigenvalue weighted by atomic mass is 9.85. The highest BCUT2D eigenvalue weighted by Crippen LogP contribution is 2.38. The molecule has 1 aromatic rings. The molecule has 1 aliphatic carbocycles. The molecule has 1 fully saturated rings. The van der Waals surface area contributed by atoms with Gasteiger partial charge in [-0.25, -0.2) is 0 Å². The van der Waals surface area contributed by atoms with Gasteiger partial charge in [0.2, 0.25) is 5.91 Å². The van der Waals surface area contributed by atoms with Crippen LogP contribution in [0.1, 0.15) is 31.2 Å². The fourth-order valence-corrected chi connectivity index (χ4v) is 3.18. The molecule has 4 nitrogen and oxygen atoms in total. The summed E-state index contributed by atoms with van der Waals surface area (Å²) in [5.41, 5.74) is 6.32. The Labute approximate surface area is 131 Å². The largest absolute Gasteiger partial charge is 0.497 e. The molecule has 0 unspecified atom stereocenters. The highest BCUT2D eigenvalue weighted by Gasteiger charge is 2.43. The average Bonchev–Trinajstić information content (AvgIpc) is 2.98. The molecule has 0 spiro atoms. The van der Waals surface area contributed by atoms with Crippen molar-refractivity contribution in [2.45, 2.75) is 32.1 Å². The number of methoxy groups -OCH3 is 1. The van der Waals surface area contributed by atoms with Crippen LogP contribution in [0, 0.1) is 5.41 Å². The van der Waals surface area contributed by atoms with Gasteiger partial charge in [-0.05, 0) is 37.0 Å². The lowest BCUT2D eigenvalue weighted by Gasteiger charge is -2.26. The number of benzene rings is 1. The number of ether oxygens (including phenoxy) is 1. The zero-order valence-electron chi connectivity index (χ0n) is 12.4. The summed E-state index contributed by atoms with van der Waals surface area (Å²) in [7, 11) is 1.65. The number of carbonyl (C=O) groups is 1. The SMILES string of the molecule is COc1cccc(CCNC(=O)C2(C(N)=S)CCCC2)c1. The molecular weight excluding hydrogens is 284 g/mol. The van der Waals surface area contributed by atoms with Crippen molar-refractivity contribution in [2.75, 3.05) is 13.7 Å². The number of carbonyl (C=O) groups excluding carboxylic acids is 1. The Kier molecular flexibility index (Phi) is 5.17. The lowest BCUT2D eigenvalue weighted by molar-refractivity contribution is -0.127. The van der Waals surface area contributed by atoms with Crippen molar-refractivity contribution in [2.24, 2.45) is 11.1 Å². The normalized spacial score (nSPS) is 16.4. The number of amides is 1. The third-order valence-corrected chi connectivity index (χ3v) is 4.59. The van der Waals surface area contributed by atoms with Crippen LogP contribution in [0.2, 0.25) is 0 Å². The van der Waals surface area contributed by atoms with Crippen molar-refractivity contribution < 1.29 is 9.53 Å². The number of nitrogens with one attached hydrogen (secondary N) is 1. The van der Waals surface area contributed by atoms with E-state index in [1.165, 1.54) is 0 Å². The molecule has 0 aliphatic heterocycles. The molecular formula is C16H22N2O2S. The summed E-state index contributed by atoms with van der Waals surface area (Å²) in [6.45, 7) is 0.580. The molecule has 1 saturated carbocycles. The summed E-state index contributed by atoms with van der Waals surface area (Å²) < 4.78 is 5.19. The fourth-order valence-electron chi connectivity index (χ4n) is 2.88. The van der Waals surface area contributed by atoms with E-state index in [1.807, 2.05) is 24.3 Å². The van der Waals surface area contributed by atoms with Gasteiger partial charge in [0.15, 0.2) is 0 Å². The first-order valence-corrected chi connectivity index (χ1v) is 7.70. The molecule has 1 aromatic carbocycles. The van der Waals surface area contributed by atoms with Crippen molar-refractivity contribution in [3.8, 4) is 5.75 Å². The van der Waals surface area contributed by atoms with Crippen molar-refractivity contribution in [3.05, 3.63) is 29.8 Å². The minimum Gasteiger partial charge on any atom is -0.497 e. The number of hydrogen-bond donors (Lipinski definition) is 2. The Balaban J connectivity index is 1.90. The Bertz CT molecular complexity index is 525. The second-order valence-electron chi connectivity index (χ2n) is 5.51. The maximum absolute atomic E-state index is 12.4. The molecule has 21 heavy (non-hydrogen) atoms. The third kappa shape index (κ3) is 3.53. The van der Waals surface area contributed by atoms with Crippen LogP contribution in [0.4, 0.5) is 0 Å². The number of rotatable bonds is 6. The maximum Gasteiger partial charge on any atom is 0.233 e. The molecule has 1 aliphatic rings. The summed E-state index contributed by atoms with van der Waals surface area (Å²) in [6.07, 6.45) is 4.33. The minimum atomic E-state index is -0.621. The van der Waals surface area contributed by atoms with Crippen LogP contribution in [0.3, 0.4) is 0 Å². The van der Waals surface area contributed by atoms with Gasteiger partial charge in [-0.15, -0.1) is 0 Å². The predicted molar refractivity (Wildman–Crippen MR) is 87.4 cm³/mol. The van der Waals surface area contributed by atoms with Gasteiger partial charge in [-0.3, -0.25) is 4.79 Å². The van der Waals surface area contributed by atoms with E-state index < -0.39 is 5.41 Å².